The fraction of sp³-hybridized carbons (Fsp3) is 0.600. The first-order chi connectivity index (χ1) is 9.21. The average Bonchev–Trinajstić information content (AvgIpc) is 2.43. The molecule has 0 atom stereocenters. The zero-order valence-electron chi connectivity index (χ0n) is 12.2. The Kier molecular flexibility index (Phi) is 7.63. The lowest BCUT2D eigenvalue weighted by atomic mass is 10.1. The van der Waals surface area contributed by atoms with Crippen LogP contribution in [0, 0.1) is 5.82 Å². The summed E-state index contributed by atoms with van der Waals surface area (Å²) >= 11 is 0. The first kappa shape index (κ1) is 16.1. The molecule has 0 spiro atoms. The van der Waals surface area contributed by atoms with Crippen molar-refractivity contribution in [3.8, 4) is 0 Å². The van der Waals surface area contributed by atoms with Crippen LogP contribution in [0.15, 0.2) is 18.2 Å². The fourth-order valence-electron chi connectivity index (χ4n) is 1.94. The van der Waals surface area contributed by atoms with Gasteiger partial charge in [-0.2, -0.15) is 0 Å². The number of rotatable bonds is 9. The normalized spacial score (nSPS) is 11.2. The van der Waals surface area contributed by atoms with Crippen molar-refractivity contribution in [3.05, 3.63) is 35.1 Å². The van der Waals surface area contributed by atoms with Crippen molar-refractivity contribution in [2.75, 3.05) is 33.4 Å². The molecule has 108 valence electrons. The van der Waals surface area contributed by atoms with E-state index in [1.54, 1.807) is 13.2 Å². The largest absolute Gasteiger partial charge is 0.383 e. The van der Waals surface area contributed by atoms with Gasteiger partial charge in [-0.05, 0) is 24.7 Å². The molecule has 0 fully saturated rings. The van der Waals surface area contributed by atoms with Gasteiger partial charge in [0.1, 0.15) is 5.82 Å². The molecule has 0 aliphatic heterocycles. The highest BCUT2D eigenvalue weighted by Gasteiger charge is 2.08. The van der Waals surface area contributed by atoms with Crippen LogP contribution >= 0.6 is 0 Å². The van der Waals surface area contributed by atoms with Crippen molar-refractivity contribution < 1.29 is 9.13 Å². The maximum Gasteiger partial charge on any atom is 0.127 e. The molecule has 3 nitrogen and oxygen atoms in total. The Labute approximate surface area is 115 Å². The van der Waals surface area contributed by atoms with Crippen LogP contribution in [0.25, 0.3) is 0 Å². The fourth-order valence-corrected chi connectivity index (χ4v) is 1.94. The maximum absolute atomic E-state index is 13.8. The molecule has 0 amide bonds. The molecule has 4 heteroatoms. The lowest BCUT2D eigenvalue weighted by molar-refractivity contribution is 0.147. The van der Waals surface area contributed by atoms with E-state index in [2.05, 4.69) is 24.1 Å². The standard InChI is InChI=1S/C15H25FN2O/c1-4-17-11-13-6-7-15(16)14(10-13)12-18(5-2)8-9-19-3/h6-7,10,17H,4-5,8-9,11-12H2,1-3H3. The molecule has 0 bridgehead atoms. The molecule has 1 aromatic carbocycles. The van der Waals surface area contributed by atoms with Gasteiger partial charge in [-0.25, -0.2) is 4.39 Å². The van der Waals surface area contributed by atoms with Gasteiger partial charge in [0.15, 0.2) is 0 Å². The lowest BCUT2D eigenvalue weighted by Gasteiger charge is -2.20. The number of likely N-dealkylation sites (N-methyl/N-ethyl adjacent to an activating group) is 1. The predicted octanol–water partition coefficient (Wildman–Crippen LogP) is 2.40. The lowest BCUT2D eigenvalue weighted by Crippen LogP contribution is -2.27. The Bertz CT molecular complexity index is 371. The molecule has 1 aromatic rings. The molecule has 0 aromatic heterocycles. The average molecular weight is 268 g/mol. The number of ether oxygens (including phenoxy) is 1. The minimum atomic E-state index is -0.129. The number of halogens is 1. The van der Waals surface area contributed by atoms with Crippen molar-refractivity contribution in [1.29, 1.82) is 0 Å². The smallest absolute Gasteiger partial charge is 0.127 e. The summed E-state index contributed by atoms with van der Waals surface area (Å²) in [4.78, 5) is 2.18. The molecule has 0 unspecified atom stereocenters. The Balaban J connectivity index is 2.68. The van der Waals surface area contributed by atoms with Gasteiger partial charge in [0.25, 0.3) is 0 Å². The molecule has 19 heavy (non-hydrogen) atoms. The van der Waals surface area contributed by atoms with Crippen molar-refractivity contribution in [3.63, 3.8) is 0 Å². The van der Waals surface area contributed by atoms with Crippen molar-refractivity contribution in [2.45, 2.75) is 26.9 Å². The van der Waals surface area contributed by atoms with Crippen molar-refractivity contribution >= 4 is 0 Å². The molecule has 0 aliphatic rings. The first-order valence-electron chi connectivity index (χ1n) is 6.90. The van der Waals surface area contributed by atoms with Gasteiger partial charge in [0.05, 0.1) is 6.61 Å². The van der Waals surface area contributed by atoms with Gasteiger partial charge >= 0.3 is 0 Å². The highest BCUT2D eigenvalue weighted by Crippen LogP contribution is 2.13. The quantitative estimate of drug-likeness (QED) is 0.744. The molecule has 0 saturated carbocycles. The first-order valence-corrected chi connectivity index (χ1v) is 6.90. The van der Waals surface area contributed by atoms with Gasteiger partial charge in [-0.15, -0.1) is 0 Å². The van der Waals surface area contributed by atoms with Crippen LogP contribution in [0.4, 0.5) is 4.39 Å². The van der Waals surface area contributed by atoms with Crippen LogP contribution in [0.5, 0.6) is 0 Å². The Hall–Kier alpha value is -0.970. The van der Waals surface area contributed by atoms with Crippen molar-refractivity contribution in [1.82, 2.24) is 10.2 Å². The Morgan fingerprint density at radius 2 is 2.11 bits per heavy atom. The van der Waals surface area contributed by atoms with E-state index in [1.165, 1.54) is 0 Å². The van der Waals surface area contributed by atoms with Crippen LogP contribution in [0.1, 0.15) is 25.0 Å². The van der Waals surface area contributed by atoms with Gasteiger partial charge in [0, 0.05) is 32.3 Å². The van der Waals surface area contributed by atoms with Crippen LogP contribution in [0.2, 0.25) is 0 Å². The van der Waals surface area contributed by atoms with E-state index in [4.69, 9.17) is 4.74 Å². The zero-order valence-corrected chi connectivity index (χ0v) is 12.2. The number of methoxy groups -OCH3 is 1. The summed E-state index contributed by atoms with van der Waals surface area (Å²) in [5.74, 6) is -0.129. The van der Waals surface area contributed by atoms with Crippen LogP contribution in [-0.2, 0) is 17.8 Å². The third-order valence-electron chi connectivity index (χ3n) is 3.14. The van der Waals surface area contributed by atoms with Gasteiger partial charge in [0.2, 0.25) is 0 Å². The van der Waals surface area contributed by atoms with Crippen LogP contribution < -0.4 is 5.32 Å². The number of nitrogens with one attached hydrogen (secondary N) is 1. The second kappa shape index (κ2) is 9.02. The highest BCUT2D eigenvalue weighted by molar-refractivity contribution is 5.25. The molecular weight excluding hydrogens is 243 g/mol. The molecule has 0 saturated heterocycles. The molecule has 0 radical (unpaired) electrons. The van der Waals surface area contributed by atoms with E-state index in [-0.39, 0.29) is 5.82 Å². The summed E-state index contributed by atoms with van der Waals surface area (Å²) in [5.41, 5.74) is 1.88. The molecule has 1 N–H and O–H groups in total. The Morgan fingerprint density at radius 3 is 2.74 bits per heavy atom. The van der Waals surface area contributed by atoms with Gasteiger partial charge < -0.3 is 10.1 Å². The molecule has 0 heterocycles. The monoisotopic (exact) mass is 268 g/mol. The van der Waals surface area contributed by atoms with Crippen molar-refractivity contribution in [2.24, 2.45) is 0 Å². The summed E-state index contributed by atoms with van der Waals surface area (Å²) in [7, 11) is 1.69. The predicted molar refractivity (Wildman–Crippen MR) is 76.6 cm³/mol. The minimum absolute atomic E-state index is 0.129. The van der Waals surface area contributed by atoms with E-state index in [0.717, 1.165) is 37.3 Å². The Morgan fingerprint density at radius 1 is 1.32 bits per heavy atom. The van der Waals surface area contributed by atoms with E-state index >= 15 is 0 Å². The summed E-state index contributed by atoms with van der Waals surface area (Å²) in [6, 6.07) is 5.35. The summed E-state index contributed by atoms with van der Waals surface area (Å²) in [5, 5.41) is 3.26. The van der Waals surface area contributed by atoms with E-state index < -0.39 is 0 Å². The molecular formula is C15H25FN2O. The van der Waals surface area contributed by atoms with Gasteiger partial charge in [-0.1, -0.05) is 26.0 Å². The van der Waals surface area contributed by atoms with Crippen LogP contribution in [0.3, 0.4) is 0 Å². The number of benzene rings is 1. The summed E-state index contributed by atoms with van der Waals surface area (Å²) in [6.07, 6.45) is 0. The minimum Gasteiger partial charge on any atom is -0.383 e. The zero-order chi connectivity index (χ0) is 14.1. The highest BCUT2D eigenvalue weighted by atomic mass is 19.1. The second-order valence-electron chi connectivity index (χ2n) is 4.57. The number of nitrogens with zero attached hydrogens (tertiary/aromatic N) is 1. The molecule has 0 aliphatic carbocycles. The third kappa shape index (κ3) is 5.68. The number of hydrogen-bond acceptors (Lipinski definition) is 3. The van der Waals surface area contributed by atoms with Crippen LogP contribution in [-0.4, -0.2) is 38.3 Å². The summed E-state index contributed by atoms with van der Waals surface area (Å²) < 4.78 is 18.9. The van der Waals surface area contributed by atoms with E-state index in [1.807, 2.05) is 12.1 Å². The van der Waals surface area contributed by atoms with Gasteiger partial charge in [-0.3, -0.25) is 4.90 Å². The number of hydrogen-bond donors (Lipinski definition) is 1. The van der Waals surface area contributed by atoms with E-state index in [9.17, 15) is 4.39 Å². The molecule has 1 rings (SSSR count). The third-order valence-corrected chi connectivity index (χ3v) is 3.14. The maximum atomic E-state index is 13.8. The second-order valence-corrected chi connectivity index (χ2v) is 4.57. The summed E-state index contributed by atoms with van der Waals surface area (Å²) in [6.45, 7) is 8.86. The van der Waals surface area contributed by atoms with E-state index in [0.29, 0.717) is 13.2 Å². The SMILES string of the molecule is CCNCc1ccc(F)c(CN(CC)CCOC)c1. The topological polar surface area (TPSA) is 24.5 Å².